The van der Waals surface area contributed by atoms with Crippen LogP contribution in [0.5, 0.6) is 0 Å². The second kappa shape index (κ2) is 7.34. The summed E-state index contributed by atoms with van der Waals surface area (Å²) in [6.45, 7) is 1.98. The molecule has 3 atom stereocenters. The van der Waals surface area contributed by atoms with Crippen molar-refractivity contribution in [1.29, 1.82) is 0 Å². The average Bonchev–Trinajstić information content (AvgIpc) is 3.33. The molecule has 2 amide bonds. The van der Waals surface area contributed by atoms with E-state index in [0.717, 1.165) is 43.4 Å². The summed E-state index contributed by atoms with van der Waals surface area (Å²) in [7, 11) is 0. The highest BCUT2D eigenvalue weighted by Crippen LogP contribution is 2.30. The maximum Gasteiger partial charge on any atom is 0.227 e. The van der Waals surface area contributed by atoms with Gasteiger partial charge in [-0.1, -0.05) is 18.6 Å². The zero-order valence-electron chi connectivity index (χ0n) is 14.3. The lowest BCUT2D eigenvalue weighted by Crippen LogP contribution is -2.32. The summed E-state index contributed by atoms with van der Waals surface area (Å²) in [6, 6.07) is 7.81. The lowest BCUT2D eigenvalue weighted by Gasteiger charge is -2.18. The lowest BCUT2D eigenvalue weighted by molar-refractivity contribution is -0.122. The van der Waals surface area contributed by atoms with E-state index in [9.17, 15) is 9.59 Å². The zero-order valence-corrected chi connectivity index (χ0v) is 14.3. The van der Waals surface area contributed by atoms with Crippen LogP contribution in [0.15, 0.2) is 24.3 Å². The molecule has 1 aromatic rings. The van der Waals surface area contributed by atoms with Gasteiger partial charge in [0.15, 0.2) is 0 Å². The molecule has 2 aliphatic carbocycles. The molecule has 5 nitrogen and oxygen atoms in total. The first-order valence-corrected chi connectivity index (χ1v) is 8.98. The summed E-state index contributed by atoms with van der Waals surface area (Å²) >= 11 is 0. The average molecular weight is 329 g/mol. The van der Waals surface area contributed by atoms with Crippen LogP contribution in [0.2, 0.25) is 0 Å². The van der Waals surface area contributed by atoms with Gasteiger partial charge in [0, 0.05) is 24.1 Å². The fourth-order valence-electron chi connectivity index (χ4n) is 3.39. The Bertz CT molecular complexity index is 595. The van der Waals surface area contributed by atoms with Gasteiger partial charge in [-0.2, -0.15) is 0 Å². The Morgan fingerprint density at radius 1 is 1.17 bits per heavy atom. The van der Waals surface area contributed by atoms with Gasteiger partial charge in [0.1, 0.15) is 0 Å². The summed E-state index contributed by atoms with van der Waals surface area (Å²) in [5, 5.41) is 5.97. The third-order valence-corrected chi connectivity index (χ3v) is 5.17. The highest BCUT2D eigenvalue weighted by Gasteiger charge is 2.29. The van der Waals surface area contributed by atoms with Gasteiger partial charge in [0.25, 0.3) is 0 Å². The van der Waals surface area contributed by atoms with Gasteiger partial charge in [-0.25, -0.2) is 0 Å². The Balaban J connectivity index is 1.49. The van der Waals surface area contributed by atoms with Gasteiger partial charge >= 0.3 is 0 Å². The van der Waals surface area contributed by atoms with Crippen molar-refractivity contribution in [3.63, 3.8) is 0 Å². The SMILES string of the molecule is CC(NC(=O)C[C@@H]1CCC[C@H]1N)c1ccc(NC(=O)C2CC2)cc1. The highest BCUT2D eigenvalue weighted by atomic mass is 16.2. The highest BCUT2D eigenvalue weighted by molar-refractivity contribution is 5.94. The Labute approximate surface area is 143 Å². The van der Waals surface area contributed by atoms with Crippen molar-refractivity contribution < 1.29 is 9.59 Å². The molecule has 2 aliphatic rings. The molecule has 0 aromatic heterocycles. The van der Waals surface area contributed by atoms with Crippen molar-refractivity contribution in [2.75, 3.05) is 5.32 Å². The number of nitrogens with two attached hydrogens (primary N) is 1. The molecule has 2 fully saturated rings. The second-order valence-electron chi connectivity index (χ2n) is 7.23. The fraction of sp³-hybridized carbons (Fsp3) is 0.579. The molecule has 0 aliphatic heterocycles. The van der Waals surface area contributed by atoms with Gasteiger partial charge < -0.3 is 16.4 Å². The van der Waals surface area contributed by atoms with Crippen LogP contribution in [0.3, 0.4) is 0 Å². The molecule has 5 heteroatoms. The fourth-order valence-corrected chi connectivity index (χ4v) is 3.39. The van der Waals surface area contributed by atoms with Crippen molar-refractivity contribution in [3.05, 3.63) is 29.8 Å². The minimum atomic E-state index is -0.0525. The molecule has 130 valence electrons. The molecule has 0 heterocycles. The van der Waals surface area contributed by atoms with E-state index >= 15 is 0 Å². The number of rotatable bonds is 6. The zero-order chi connectivity index (χ0) is 17.1. The van der Waals surface area contributed by atoms with E-state index < -0.39 is 0 Å². The molecule has 4 N–H and O–H groups in total. The monoisotopic (exact) mass is 329 g/mol. The van der Waals surface area contributed by atoms with E-state index in [1.165, 1.54) is 0 Å². The molecule has 0 bridgehead atoms. The first kappa shape index (κ1) is 17.0. The van der Waals surface area contributed by atoms with Gasteiger partial charge in [0.2, 0.25) is 11.8 Å². The summed E-state index contributed by atoms with van der Waals surface area (Å²) in [5.74, 6) is 0.690. The standard InChI is InChI=1S/C19H27N3O2/c1-12(21-18(23)11-15-3-2-4-17(15)20)13-7-9-16(10-8-13)22-19(24)14-5-6-14/h7-10,12,14-15,17H,2-6,11,20H2,1H3,(H,21,23)(H,22,24)/t12?,15-,17+/m0/s1. The third-order valence-electron chi connectivity index (χ3n) is 5.17. The van der Waals surface area contributed by atoms with Crippen molar-refractivity contribution in [3.8, 4) is 0 Å². The minimum Gasteiger partial charge on any atom is -0.350 e. The van der Waals surface area contributed by atoms with Crippen LogP contribution >= 0.6 is 0 Å². The summed E-state index contributed by atoms with van der Waals surface area (Å²) in [5.41, 5.74) is 7.88. The Morgan fingerprint density at radius 3 is 2.46 bits per heavy atom. The van der Waals surface area contributed by atoms with E-state index in [4.69, 9.17) is 5.73 Å². The largest absolute Gasteiger partial charge is 0.350 e. The second-order valence-corrected chi connectivity index (χ2v) is 7.23. The summed E-state index contributed by atoms with van der Waals surface area (Å²) < 4.78 is 0. The topological polar surface area (TPSA) is 84.2 Å². The normalized spacial score (nSPS) is 24.4. The lowest BCUT2D eigenvalue weighted by atomic mass is 9.99. The van der Waals surface area contributed by atoms with Crippen LogP contribution in [0.1, 0.15) is 57.1 Å². The maximum absolute atomic E-state index is 12.2. The minimum absolute atomic E-state index is 0.0525. The van der Waals surface area contributed by atoms with Crippen LogP contribution in [0, 0.1) is 11.8 Å². The van der Waals surface area contributed by atoms with Gasteiger partial charge in [-0.05, 0) is 56.2 Å². The molecule has 1 unspecified atom stereocenters. The van der Waals surface area contributed by atoms with Crippen molar-refractivity contribution in [2.24, 2.45) is 17.6 Å². The molecular weight excluding hydrogens is 302 g/mol. The van der Waals surface area contributed by atoms with Crippen LogP contribution in [0.4, 0.5) is 5.69 Å². The van der Waals surface area contributed by atoms with Crippen molar-refractivity contribution in [2.45, 2.75) is 57.5 Å². The Hall–Kier alpha value is -1.88. The first-order valence-electron chi connectivity index (χ1n) is 8.98. The predicted molar refractivity (Wildman–Crippen MR) is 94.3 cm³/mol. The van der Waals surface area contributed by atoms with Gasteiger partial charge in [-0.3, -0.25) is 9.59 Å². The molecule has 0 saturated heterocycles. The first-order chi connectivity index (χ1) is 11.5. The number of carbonyl (C=O) groups is 2. The van der Waals surface area contributed by atoms with Crippen molar-refractivity contribution >= 4 is 17.5 Å². The quantitative estimate of drug-likeness (QED) is 0.750. The molecule has 24 heavy (non-hydrogen) atoms. The van der Waals surface area contributed by atoms with Crippen molar-refractivity contribution in [1.82, 2.24) is 5.32 Å². The van der Waals surface area contributed by atoms with Gasteiger partial charge in [0.05, 0.1) is 6.04 Å². The summed E-state index contributed by atoms with van der Waals surface area (Å²) in [6.07, 6.45) is 5.72. The van der Waals surface area contributed by atoms with Crippen LogP contribution in [0.25, 0.3) is 0 Å². The van der Waals surface area contributed by atoms with E-state index in [1.807, 2.05) is 31.2 Å². The number of amides is 2. The molecule has 2 saturated carbocycles. The Kier molecular flexibility index (Phi) is 5.19. The maximum atomic E-state index is 12.2. The number of hydrogen-bond acceptors (Lipinski definition) is 3. The number of benzene rings is 1. The molecule has 1 aromatic carbocycles. The number of anilines is 1. The van der Waals surface area contributed by atoms with E-state index in [0.29, 0.717) is 12.3 Å². The molecular formula is C19H27N3O2. The third kappa shape index (κ3) is 4.35. The van der Waals surface area contributed by atoms with Crippen LogP contribution < -0.4 is 16.4 Å². The van der Waals surface area contributed by atoms with Crippen LogP contribution in [-0.4, -0.2) is 17.9 Å². The molecule has 0 spiro atoms. The molecule has 0 radical (unpaired) electrons. The predicted octanol–water partition coefficient (Wildman–Crippen LogP) is 2.73. The Morgan fingerprint density at radius 2 is 1.88 bits per heavy atom. The van der Waals surface area contributed by atoms with Gasteiger partial charge in [-0.15, -0.1) is 0 Å². The van der Waals surface area contributed by atoms with E-state index in [1.54, 1.807) is 0 Å². The summed E-state index contributed by atoms with van der Waals surface area (Å²) in [4.78, 5) is 24.0. The number of hydrogen-bond donors (Lipinski definition) is 3. The number of carbonyl (C=O) groups excluding carboxylic acids is 2. The van der Waals surface area contributed by atoms with E-state index in [-0.39, 0.29) is 29.8 Å². The molecule has 3 rings (SSSR count). The number of nitrogens with one attached hydrogen (secondary N) is 2. The smallest absolute Gasteiger partial charge is 0.227 e. The van der Waals surface area contributed by atoms with E-state index in [2.05, 4.69) is 10.6 Å². The van der Waals surface area contributed by atoms with Crippen LogP contribution in [-0.2, 0) is 9.59 Å².